The Labute approximate surface area is 73.8 Å². The fraction of sp³-hybridized carbons (Fsp3) is 1.00. The fourth-order valence-electron chi connectivity index (χ4n) is 2.20. The lowest BCUT2D eigenvalue weighted by Crippen LogP contribution is -2.43. The molecule has 2 aliphatic heterocycles. The molecule has 2 heterocycles. The molecule has 3 nitrogen and oxygen atoms in total. The number of rotatable bonds is 1. The average Bonchev–Trinajstić information content (AvgIpc) is 2.58. The van der Waals surface area contributed by atoms with Crippen LogP contribution in [0.4, 0.5) is 0 Å². The normalized spacial score (nSPS) is 34.2. The Morgan fingerprint density at radius 1 is 1.17 bits per heavy atom. The summed E-state index contributed by atoms with van der Waals surface area (Å²) in [6, 6.07) is 0.748. The summed E-state index contributed by atoms with van der Waals surface area (Å²) >= 11 is 0. The Balaban J connectivity index is 1.80. The van der Waals surface area contributed by atoms with Crippen molar-refractivity contribution in [3.05, 3.63) is 0 Å². The van der Waals surface area contributed by atoms with Gasteiger partial charge in [-0.2, -0.15) is 0 Å². The van der Waals surface area contributed by atoms with Crippen molar-refractivity contribution in [3.63, 3.8) is 0 Å². The molecule has 2 fully saturated rings. The van der Waals surface area contributed by atoms with E-state index in [1.165, 1.54) is 13.0 Å². The van der Waals surface area contributed by atoms with E-state index in [4.69, 9.17) is 0 Å². The molecule has 2 rings (SSSR count). The zero-order valence-electron chi connectivity index (χ0n) is 7.50. The Morgan fingerprint density at radius 2 is 1.92 bits per heavy atom. The monoisotopic (exact) mass is 170 g/mol. The van der Waals surface area contributed by atoms with Gasteiger partial charge < -0.3 is 10.4 Å². The van der Waals surface area contributed by atoms with Crippen LogP contribution in [0.5, 0.6) is 0 Å². The molecular formula is C9H18N2O. The summed E-state index contributed by atoms with van der Waals surface area (Å²) in [6.07, 6.45) is 3.19. The maximum Gasteiger partial charge on any atom is 0.0564 e. The van der Waals surface area contributed by atoms with Crippen molar-refractivity contribution in [2.24, 2.45) is 0 Å². The van der Waals surface area contributed by atoms with Gasteiger partial charge in [-0.05, 0) is 25.8 Å². The van der Waals surface area contributed by atoms with Gasteiger partial charge in [0.15, 0.2) is 0 Å². The SMILES string of the molecule is OC1CCN([C@H]2CCNC2)CC1. The number of aliphatic hydroxyl groups excluding tert-OH is 1. The Kier molecular flexibility index (Phi) is 2.63. The minimum Gasteiger partial charge on any atom is -0.393 e. The lowest BCUT2D eigenvalue weighted by Gasteiger charge is -2.33. The Morgan fingerprint density at radius 3 is 2.50 bits per heavy atom. The van der Waals surface area contributed by atoms with E-state index in [0.29, 0.717) is 0 Å². The van der Waals surface area contributed by atoms with Crippen LogP contribution in [0.15, 0.2) is 0 Å². The smallest absolute Gasteiger partial charge is 0.0564 e. The molecule has 1 atom stereocenters. The maximum absolute atomic E-state index is 9.33. The van der Waals surface area contributed by atoms with Gasteiger partial charge in [-0.15, -0.1) is 0 Å². The predicted octanol–water partition coefficient (Wildman–Crippen LogP) is -0.195. The fourth-order valence-corrected chi connectivity index (χ4v) is 2.20. The van der Waals surface area contributed by atoms with E-state index in [1.807, 2.05) is 0 Å². The number of nitrogens with zero attached hydrogens (tertiary/aromatic N) is 1. The van der Waals surface area contributed by atoms with Gasteiger partial charge in [0.25, 0.3) is 0 Å². The highest BCUT2D eigenvalue weighted by molar-refractivity contribution is 4.83. The van der Waals surface area contributed by atoms with Gasteiger partial charge >= 0.3 is 0 Å². The third-order valence-electron chi connectivity index (χ3n) is 3.05. The Bertz CT molecular complexity index is 137. The van der Waals surface area contributed by atoms with E-state index < -0.39 is 0 Å². The van der Waals surface area contributed by atoms with Crippen LogP contribution >= 0.6 is 0 Å². The quantitative estimate of drug-likeness (QED) is 0.572. The molecule has 0 radical (unpaired) electrons. The van der Waals surface area contributed by atoms with E-state index in [0.717, 1.165) is 38.5 Å². The number of piperidine rings is 1. The second-order valence-corrected chi connectivity index (χ2v) is 3.91. The summed E-state index contributed by atoms with van der Waals surface area (Å²) in [5.41, 5.74) is 0. The first-order valence-electron chi connectivity index (χ1n) is 4.99. The first kappa shape index (κ1) is 8.48. The van der Waals surface area contributed by atoms with Gasteiger partial charge in [-0.1, -0.05) is 0 Å². The molecule has 0 unspecified atom stereocenters. The van der Waals surface area contributed by atoms with Crippen LogP contribution in [0.1, 0.15) is 19.3 Å². The van der Waals surface area contributed by atoms with Gasteiger partial charge in [0, 0.05) is 25.7 Å². The average molecular weight is 170 g/mol. The summed E-state index contributed by atoms with van der Waals surface area (Å²) < 4.78 is 0. The highest BCUT2D eigenvalue weighted by Crippen LogP contribution is 2.16. The van der Waals surface area contributed by atoms with Gasteiger partial charge in [0.05, 0.1) is 6.10 Å². The number of hydrogen-bond donors (Lipinski definition) is 2. The number of aliphatic hydroxyl groups is 1. The molecule has 2 N–H and O–H groups in total. The molecule has 3 heteroatoms. The third-order valence-corrected chi connectivity index (χ3v) is 3.05. The summed E-state index contributed by atoms with van der Waals surface area (Å²) in [5.74, 6) is 0. The van der Waals surface area contributed by atoms with E-state index in [9.17, 15) is 5.11 Å². The van der Waals surface area contributed by atoms with Crippen molar-refractivity contribution >= 4 is 0 Å². The van der Waals surface area contributed by atoms with Crippen molar-refractivity contribution in [2.75, 3.05) is 26.2 Å². The number of nitrogens with one attached hydrogen (secondary N) is 1. The minimum atomic E-state index is -0.0318. The molecule has 2 saturated heterocycles. The van der Waals surface area contributed by atoms with Crippen LogP contribution in [-0.2, 0) is 0 Å². The summed E-state index contributed by atoms with van der Waals surface area (Å²) in [7, 11) is 0. The van der Waals surface area contributed by atoms with Crippen molar-refractivity contribution in [2.45, 2.75) is 31.4 Å². The molecule has 2 aliphatic rings. The predicted molar refractivity (Wildman–Crippen MR) is 48.1 cm³/mol. The van der Waals surface area contributed by atoms with E-state index in [2.05, 4.69) is 10.2 Å². The standard InChI is InChI=1S/C9H18N2O/c12-9-2-5-11(6-3-9)8-1-4-10-7-8/h8-10,12H,1-7H2/t8-/m0/s1. The third kappa shape index (κ3) is 1.79. The lowest BCUT2D eigenvalue weighted by atomic mass is 10.1. The molecule has 0 saturated carbocycles. The highest BCUT2D eigenvalue weighted by Gasteiger charge is 2.25. The summed E-state index contributed by atoms with van der Waals surface area (Å²) in [4.78, 5) is 2.52. The first-order chi connectivity index (χ1) is 5.86. The van der Waals surface area contributed by atoms with E-state index in [-0.39, 0.29) is 6.10 Å². The molecule has 0 bridgehead atoms. The molecule has 0 amide bonds. The lowest BCUT2D eigenvalue weighted by molar-refractivity contribution is 0.0649. The molecule has 12 heavy (non-hydrogen) atoms. The minimum absolute atomic E-state index is 0.0318. The molecule has 0 aromatic heterocycles. The molecule has 70 valence electrons. The van der Waals surface area contributed by atoms with Gasteiger partial charge in [0.2, 0.25) is 0 Å². The van der Waals surface area contributed by atoms with Crippen LogP contribution in [0.3, 0.4) is 0 Å². The second kappa shape index (κ2) is 3.73. The van der Waals surface area contributed by atoms with Gasteiger partial charge in [-0.25, -0.2) is 0 Å². The van der Waals surface area contributed by atoms with Crippen molar-refractivity contribution in [1.29, 1.82) is 0 Å². The van der Waals surface area contributed by atoms with Crippen LogP contribution in [0.2, 0.25) is 0 Å². The van der Waals surface area contributed by atoms with E-state index >= 15 is 0 Å². The molecular weight excluding hydrogens is 152 g/mol. The maximum atomic E-state index is 9.33. The molecule has 0 aromatic rings. The van der Waals surface area contributed by atoms with E-state index in [1.54, 1.807) is 0 Å². The zero-order chi connectivity index (χ0) is 8.39. The summed E-state index contributed by atoms with van der Waals surface area (Å²) in [5, 5.41) is 12.7. The number of likely N-dealkylation sites (tertiary alicyclic amines) is 1. The second-order valence-electron chi connectivity index (χ2n) is 3.91. The first-order valence-corrected chi connectivity index (χ1v) is 4.99. The zero-order valence-corrected chi connectivity index (χ0v) is 7.50. The highest BCUT2D eigenvalue weighted by atomic mass is 16.3. The number of hydrogen-bond acceptors (Lipinski definition) is 3. The van der Waals surface area contributed by atoms with Gasteiger partial charge in [0.1, 0.15) is 0 Å². The largest absolute Gasteiger partial charge is 0.393 e. The Hall–Kier alpha value is -0.120. The molecule has 0 spiro atoms. The van der Waals surface area contributed by atoms with Crippen molar-refractivity contribution < 1.29 is 5.11 Å². The van der Waals surface area contributed by atoms with Crippen molar-refractivity contribution in [3.8, 4) is 0 Å². The van der Waals surface area contributed by atoms with Crippen LogP contribution < -0.4 is 5.32 Å². The van der Waals surface area contributed by atoms with Gasteiger partial charge in [-0.3, -0.25) is 4.90 Å². The molecule has 0 aliphatic carbocycles. The topological polar surface area (TPSA) is 35.5 Å². The molecule has 0 aromatic carbocycles. The van der Waals surface area contributed by atoms with Crippen LogP contribution in [0.25, 0.3) is 0 Å². The summed E-state index contributed by atoms with van der Waals surface area (Å²) in [6.45, 7) is 4.50. The van der Waals surface area contributed by atoms with Crippen LogP contribution in [0, 0.1) is 0 Å². The van der Waals surface area contributed by atoms with Crippen LogP contribution in [-0.4, -0.2) is 48.3 Å². The van der Waals surface area contributed by atoms with Crippen molar-refractivity contribution in [1.82, 2.24) is 10.2 Å².